The third-order valence-electron chi connectivity index (χ3n) is 5.49. The van der Waals surface area contributed by atoms with Gasteiger partial charge in [-0.2, -0.15) is 0 Å². The Morgan fingerprint density at radius 1 is 1.33 bits per heavy atom. The summed E-state index contributed by atoms with van der Waals surface area (Å²) in [6.45, 7) is 3.80. The van der Waals surface area contributed by atoms with Crippen molar-refractivity contribution in [3.05, 3.63) is 52.9 Å². The lowest BCUT2D eigenvalue weighted by Crippen LogP contribution is -2.53. The average Bonchev–Trinajstić information content (AvgIpc) is 3.23. The molecule has 0 radical (unpaired) electrons. The van der Waals surface area contributed by atoms with Gasteiger partial charge in [0.2, 0.25) is 0 Å². The Morgan fingerprint density at radius 3 is 2.73 bits per heavy atom. The first-order chi connectivity index (χ1) is 14.3. The highest BCUT2D eigenvalue weighted by molar-refractivity contribution is 5.84. The van der Waals surface area contributed by atoms with E-state index in [4.69, 9.17) is 4.74 Å². The minimum atomic E-state index is -1.62. The first-order valence-electron chi connectivity index (χ1n) is 9.60. The Morgan fingerprint density at radius 2 is 2.07 bits per heavy atom. The molecule has 0 spiro atoms. The fourth-order valence-electron chi connectivity index (χ4n) is 3.57. The topological polar surface area (TPSA) is 87.3 Å². The molecule has 0 bridgehead atoms. The van der Waals surface area contributed by atoms with Crippen LogP contribution >= 0.6 is 0 Å². The molecule has 10 heteroatoms. The molecule has 1 aliphatic rings. The lowest BCUT2D eigenvalue weighted by Gasteiger charge is -2.36. The second-order valence-corrected chi connectivity index (χ2v) is 7.21. The number of fused-ring (bicyclic) bond motifs is 1. The molecule has 30 heavy (non-hydrogen) atoms. The number of carbonyl (C=O) groups excluding carboxylic acids is 2. The van der Waals surface area contributed by atoms with Crippen molar-refractivity contribution in [1.82, 2.24) is 20.2 Å². The van der Waals surface area contributed by atoms with Gasteiger partial charge in [-0.3, -0.25) is 0 Å². The number of esters is 1. The Labute approximate surface area is 171 Å². The third-order valence-corrected chi connectivity index (χ3v) is 5.49. The van der Waals surface area contributed by atoms with Gasteiger partial charge in [-0.15, -0.1) is 0 Å². The van der Waals surface area contributed by atoms with Crippen LogP contribution < -0.4 is 5.32 Å². The van der Waals surface area contributed by atoms with Crippen molar-refractivity contribution < 1.29 is 27.5 Å². The first kappa shape index (κ1) is 21.7. The zero-order chi connectivity index (χ0) is 22.0. The lowest BCUT2D eigenvalue weighted by atomic mass is 9.95. The normalized spacial score (nSPS) is 17.8. The summed E-state index contributed by atoms with van der Waals surface area (Å²) in [5.41, 5.74) is 0.773. The molecule has 1 aromatic heterocycles. The fraction of sp³-hybridized carbons (Fsp3) is 0.450. The van der Waals surface area contributed by atoms with Gasteiger partial charge < -0.3 is 19.9 Å². The fourth-order valence-corrected chi connectivity index (χ4v) is 3.57. The van der Waals surface area contributed by atoms with E-state index in [-0.39, 0.29) is 18.0 Å². The van der Waals surface area contributed by atoms with Gasteiger partial charge in [0.15, 0.2) is 17.5 Å². The highest BCUT2D eigenvalue weighted by Gasteiger charge is 2.38. The number of rotatable bonds is 5. The van der Waals surface area contributed by atoms with E-state index in [1.54, 1.807) is 6.92 Å². The van der Waals surface area contributed by atoms with E-state index >= 15 is 0 Å². The van der Waals surface area contributed by atoms with E-state index in [2.05, 4.69) is 15.3 Å². The number of H-pyrrole nitrogens is 1. The van der Waals surface area contributed by atoms with Crippen molar-refractivity contribution in [3.8, 4) is 0 Å². The molecule has 2 amide bonds. The van der Waals surface area contributed by atoms with Gasteiger partial charge in [-0.05, 0) is 12.0 Å². The summed E-state index contributed by atoms with van der Waals surface area (Å²) in [5.74, 6) is -5.16. The number of nitrogens with one attached hydrogen (secondary N) is 2. The number of imidazole rings is 1. The minimum absolute atomic E-state index is 0.151. The largest absolute Gasteiger partial charge is 0.467 e. The van der Waals surface area contributed by atoms with Gasteiger partial charge in [0.05, 0.1) is 19.1 Å². The van der Waals surface area contributed by atoms with Crippen LogP contribution in [0.2, 0.25) is 0 Å². The van der Waals surface area contributed by atoms with E-state index in [9.17, 15) is 22.8 Å². The van der Waals surface area contributed by atoms with E-state index in [1.807, 2.05) is 6.92 Å². The molecule has 2 aromatic rings. The van der Waals surface area contributed by atoms with Crippen LogP contribution in [0.3, 0.4) is 0 Å². The summed E-state index contributed by atoms with van der Waals surface area (Å²) >= 11 is 0. The van der Waals surface area contributed by atoms with Crippen LogP contribution in [0.15, 0.2) is 18.5 Å². The zero-order valence-corrected chi connectivity index (χ0v) is 16.8. The number of nitrogens with zero attached hydrogens (tertiary/aromatic N) is 2. The first-order valence-corrected chi connectivity index (χ1v) is 9.60. The Balaban J connectivity index is 2.00. The van der Waals surface area contributed by atoms with Crippen LogP contribution in [-0.4, -0.2) is 46.6 Å². The molecule has 0 fully saturated rings. The van der Waals surface area contributed by atoms with Crippen LogP contribution in [-0.2, 0) is 16.0 Å². The summed E-state index contributed by atoms with van der Waals surface area (Å²) in [4.78, 5) is 33.6. The Hall–Kier alpha value is -3.04. The number of carbonyl (C=O) groups is 2. The number of ether oxygens (including phenoxy) is 1. The maximum Gasteiger partial charge on any atom is 0.328 e. The number of halogens is 3. The lowest BCUT2D eigenvalue weighted by molar-refractivity contribution is -0.144. The van der Waals surface area contributed by atoms with E-state index in [0.29, 0.717) is 24.2 Å². The number of aromatic amines is 1. The molecule has 1 aliphatic heterocycles. The molecular weight excluding hydrogens is 401 g/mol. The molecule has 2 heterocycles. The van der Waals surface area contributed by atoms with Crippen LogP contribution in [0.4, 0.5) is 18.0 Å². The van der Waals surface area contributed by atoms with Gasteiger partial charge in [-0.1, -0.05) is 26.3 Å². The molecular formula is C20H23F3N4O3. The van der Waals surface area contributed by atoms with Gasteiger partial charge >= 0.3 is 12.0 Å². The number of amides is 2. The quantitative estimate of drug-likeness (QED) is 0.571. The predicted octanol–water partition coefficient (Wildman–Crippen LogP) is 3.07. The van der Waals surface area contributed by atoms with Crippen molar-refractivity contribution >= 4 is 12.0 Å². The Bertz CT molecular complexity index is 949. The standard InChI is InChI=1S/C20H23F3N4O3/c1-4-10(2)16(19(28)30-3)26-20(29)27-8-7-13-17(25-9-24-13)18(27)11-5-6-12(21)15(23)14(11)22/h5-6,9-10,16,18H,4,7-8H2,1-3H3,(H,24,25)(H,26,29). The summed E-state index contributed by atoms with van der Waals surface area (Å²) in [7, 11) is 1.22. The van der Waals surface area contributed by atoms with Crippen LogP contribution in [0.1, 0.15) is 43.3 Å². The van der Waals surface area contributed by atoms with Crippen molar-refractivity contribution in [2.75, 3.05) is 13.7 Å². The summed E-state index contributed by atoms with van der Waals surface area (Å²) in [6, 6.07) is -0.766. The van der Waals surface area contributed by atoms with Crippen LogP contribution in [0.25, 0.3) is 0 Å². The van der Waals surface area contributed by atoms with Gasteiger partial charge in [0.25, 0.3) is 0 Å². The summed E-state index contributed by atoms with van der Waals surface area (Å²) < 4.78 is 46.8. The number of hydrogen-bond donors (Lipinski definition) is 2. The van der Waals surface area contributed by atoms with Crippen molar-refractivity contribution in [1.29, 1.82) is 0 Å². The van der Waals surface area contributed by atoms with Crippen LogP contribution in [0, 0.1) is 23.4 Å². The predicted molar refractivity (Wildman–Crippen MR) is 101 cm³/mol. The molecule has 0 saturated carbocycles. The van der Waals surface area contributed by atoms with Crippen LogP contribution in [0.5, 0.6) is 0 Å². The monoisotopic (exact) mass is 424 g/mol. The second kappa shape index (κ2) is 8.76. The van der Waals surface area contributed by atoms with Gasteiger partial charge in [0, 0.05) is 24.2 Å². The molecule has 1 aromatic carbocycles. The highest BCUT2D eigenvalue weighted by Crippen LogP contribution is 2.35. The minimum Gasteiger partial charge on any atom is -0.467 e. The van der Waals surface area contributed by atoms with E-state index < -0.39 is 41.5 Å². The van der Waals surface area contributed by atoms with Gasteiger partial charge in [-0.25, -0.2) is 27.7 Å². The number of aromatic nitrogens is 2. The molecule has 7 nitrogen and oxygen atoms in total. The van der Waals surface area contributed by atoms with Gasteiger partial charge in [0.1, 0.15) is 12.1 Å². The smallest absolute Gasteiger partial charge is 0.328 e. The summed E-state index contributed by atoms with van der Waals surface area (Å²) in [6.07, 6.45) is 2.40. The maximum atomic E-state index is 14.6. The third kappa shape index (κ3) is 3.86. The van der Waals surface area contributed by atoms with E-state index in [0.717, 1.165) is 12.1 Å². The van der Waals surface area contributed by atoms with E-state index in [1.165, 1.54) is 18.3 Å². The Kier molecular flexibility index (Phi) is 6.33. The molecule has 0 saturated heterocycles. The zero-order valence-electron chi connectivity index (χ0n) is 16.8. The second-order valence-electron chi connectivity index (χ2n) is 7.21. The number of methoxy groups -OCH3 is 1. The molecule has 0 aliphatic carbocycles. The summed E-state index contributed by atoms with van der Waals surface area (Å²) in [5, 5.41) is 2.64. The molecule has 2 N–H and O–H groups in total. The number of benzene rings is 1. The number of urea groups is 1. The highest BCUT2D eigenvalue weighted by atomic mass is 19.2. The molecule has 162 valence electrons. The SMILES string of the molecule is CCC(C)C(NC(=O)N1CCc2[nH]cnc2C1c1ccc(F)c(F)c1F)C(=O)OC. The van der Waals surface area contributed by atoms with Crippen molar-refractivity contribution in [3.63, 3.8) is 0 Å². The molecule has 3 unspecified atom stereocenters. The molecule has 3 rings (SSSR count). The van der Waals surface area contributed by atoms with Crippen molar-refractivity contribution in [2.45, 2.75) is 38.8 Å². The average molecular weight is 424 g/mol. The maximum absolute atomic E-state index is 14.6. The van der Waals surface area contributed by atoms with Crippen molar-refractivity contribution in [2.24, 2.45) is 5.92 Å². The molecule has 3 atom stereocenters. The number of hydrogen-bond acceptors (Lipinski definition) is 4.